The molecule has 0 saturated heterocycles. The van der Waals surface area contributed by atoms with Crippen LogP contribution in [0.2, 0.25) is 0 Å². The van der Waals surface area contributed by atoms with Crippen molar-refractivity contribution in [2.24, 2.45) is 0 Å². The van der Waals surface area contributed by atoms with Gasteiger partial charge in [0.2, 0.25) is 0 Å². The summed E-state index contributed by atoms with van der Waals surface area (Å²) in [7, 11) is 2.03. The molecule has 0 aliphatic rings. The maximum Gasteiger partial charge on any atom is 0.0377 e. The highest BCUT2D eigenvalue weighted by Crippen LogP contribution is 2.30. The summed E-state index contributed by atoms with van der Waals surface area (Å²) >= 11 is 7.13. The Bertz CT molecular complexity index is 510. The molecule has 0 bridgehead atoms. The van der Waals surface area contributed by atoms with Crippen molar-refractivity contribution in [1.82, 2.24) is 5.32 Å². The van der Waals surface area contributed by atoms with Crippen LogP contribution in [0.4, 0.5) is 0 Å². The largest absolute Gasteiger partial charge is 0.313 e. The lowest BCUT2D eigenvalue weighted by atomic mass is 10.0. The molecule has 2 aromatic rings. The Hall–Kier alpha value is -0.290. The van der Waals surface area contributed by atoms with Crippen LogP contribution in [0, 0.1) is 0 Å². The molecule has 4 heteroatoms. The highest BCUT2D eigenvalue weighted by Gasteiger charge is 2.14. The molecule has 1 heterocycles. The molecule has 1 N–H and O–H groups in total. The van der Waals surface area contributed by atoms with Crippen molar-refractivity contribution >= 4 is 39.0 Å². The van der Waals surface area contributed by atoms with Gasteiger partial charge in [-0.2, -0.15) is 0 Å². The summed E-state index contributed by atoms with van der Waals surface area (Å²) < 4.78 is 1.18. The average molecular weight is 342 g/mol. The lowest BCUT2D eigenvalue weighted by Crippen LogP contribution is -2.19. The van der Waals surface area contributed by atoms with Crippen LogP contribution >= 0.6 is 39.0 Å². The minimum atomic E-state index is 0.374. The van der Waals surface area contributed by atoms with Gasteiger partial charge in [0, 0.05) is 32.1 Å². The van der Waals surface area contributed by atoms with E-state index in [1.54, 1.807) is 0 Å². The topological polar surface area (TPSA) is 12.0 Å². The summed E-state index contributed by atoms with van der Waals surface area (Å²) in [5.41, 5.74) is 1.39. The van der Waals surface area contributed by atoms with Gasteiger partial charge in [-0.3, -0.25) is 0 Å². The first-order chi connectivity index (χ1) is 8.74. The smallest absolute Gasteiger partial charge is 0.0377 e. The van der Waals surface area contributed by atoms with Gasteiger partial charge in [0.15, 0.2) is 0 Å². The van der Waals surface area contributed by atoms with Crippen molar-refractivity contribution in [3.8, 4) is 0 Å². The Morgan fingerprint density at radius 3 is 2.78 bits per heavy atom. The van der Waals surface area contributed by atoms with E-state index in [0.29, 0.717) is 6.04 Å². The summed E-state index contributed by atoms with van der Waals surface area (Å²) in [6.45, 7) is 0. The van der Waals surface area contributed by atoms with E-state index < -0.39 is 0 Å². The van der Waals surface area contributed by atoms with Crippen molar-refractivity contribution in [2.75, 3.05) is 13.3 Å². The maximum absolute atomic E-state index is 3.51. The second-order valence-electron chi connectivity index (χ2n) is 4.02. The number of halogens is 1. The van der Waals surface area contributed by atoms with Crippen molar-refractivity contribution in [3.63, 3.8) is 0 Å². The fourth-order valence-corrected chi connectivity index (χ4v) is 4.14. The molecule has 18 heavy (non-hydrogen) atoms. The summed E-state index contributed by atoms with van der Waals surface area (Å²) in [6, 6.07) is 11.2. The summed E-state index contributed by atoms with van der Waals surface area (Å²) in [6.07, 6.45) is 3.16. The lowest BCUT2D eigenvalue weighted by molar-refractivity contribution is 0.587. The Morgan fingerprint density at radius 2 is 2.17 bits per heavy atom. The Morgan fingerprint density at radius 1 is 1.39 bits per heavy atom. The van der Waals surface area contributed by atoms with Crippen molar-refractivity contribution < 1.29 is 0 Å². The van der Waals surface area contributed by atoms with Gasteiger partial charge in [0.05, 0.1) is 0 Å². The molecule has 96 valence electrons. The van der Waals surface area contributed by atoms with Gasteiger partial charge in [0.25, 0.3) is 0 Å². The van der Waals surface area contributed by atoms with Gasteiger partial charge in [-0.15, -0.1) is 23.1 Å². The third-order valence-corrected chi connectivity index (χ3v) is 5.42. The first-order valence-electron chi connectivity index (χ1n) is 5.77. The Kier molecular flexibility index (Phi) is 5.30. The van der Waals surface area contributed by atoms with E-state index in [2.05, 4.69) is 63.2 Å². The minimum absolute atomic E-state index is 0.374. The van der Waals surface area contributed by atoms with Crippen LogP contribution in [0.25, 0.3) is 0 Å². The molecule has 1 aromatic carbocycles. The number of nitrogens with one attached hydrogen (secondary N) is 1. The molecule has 2 rings (SSSR count). The van der Waals surface area contributed by atoms with Crippen molar-refractivity contribution in [1.29, 1.82) is 0 Å². The zero-order valence-electron chi connectivity index (χ0n) is 10.4. The van der Waals surface area contributed by atoms with Crippen LogP contribution < -0.4 is 5.32 Å². The van der Waals surface area contributed by atoms with Crippen molar-refractivity contribution in [2.45, 2.75) is 17.4 Å². The molecule has 1 unspecified atom stereocenters. The molecular formula is C14H16BrNS2. The number of thioether (sulfide) groups is 1. The van der Waals surface area contributed by atoms with E-state index in [1.807, 2.05) is 30.1 Å². The zero-order chi connectivity index (χ0) is 13.0. The van der Waals surface area contributed by atoms with Crippen LogP contribution in [0.15, 0.2) is 45.1 Å². The number of hydrogen-bond acceptors (Lipinski definition) is 3. The summed E-state index contributed by atoms with van der Waals surface area (Å²) in [4.78, 5) is 2.75. The van der Waals surface area contributed by atoms with Crippen LogP contribution in [-0.4, -0.2) is 13.3 Å². The molecule has 0 aliphatic carbocycles. The first kappa shape index (κ1) is 14.1. The van der Waals surface area contributed by atoms with E-state index in [-0.39, 0.29) is 0 Å². The monoisotopic (exact) mass is 341 g/mol. The van der Waals surface area contributed by atoms with Gasteiger partial charge >= 0.3 is 0 Å². The number of thiophene rings is 1. The average Bonchev–Trinajstić information content (AvgIpc) is 2.81. The summed E-state index contributed by atoms with van der Waals surface area (Å²) in [5.74, 6) is 0. The Balaban J connectivity index is 2.22. The molecule has 0 amide bonds. The third-order valence-electron chi connectivity index (χ3n) is 2.89. The first-order valence-corrected chi connectivity index (χ1v) is 8.67. The van der Waals surface area contributed by atoms with Gasteiger partial charge in [-0.1, -0.05) is 18.2 Å². The molecule has 0 radical (unpaired) electrons. The fraction of sp³-hybridized carbons (Fsp3) is 0.286. The molecule has 1 nitrogen and oxygen atoms in total. The molecule has 1 atom stereocenters. The predicted octanol–water partition coefficient (Wildman–Crippen LogP) is 4.74. The van der Waals surface area contributed by atoms with Gasteiger partial charge in [-0.05, 0) is 46.9 Å². The molecule has 0 fully saturated rings. The maximum atomic E-state index is 3.51. The Labute approximate surface area is 125 Å². The molecule has 0 aliphatic heterocycles. The highest BCUT2D eigenvalue weighted by molar-refractivity contribution is 9.10. The van der Waals surface area contributed by atoms with Crippen LogP contribution in [0.3, 0.4) is 0 Å². The molecule has 0 spiro atoms. The van der Waals surface area contributed by atoms with Crippen LogP contribution in [0.1, 0.15) is 16.5 Å². The number of benzene rings is 1. The number of likely N-dealkylation sites (N-methyl/N-ethyl adjacent to an activating group) is 1. The second kappa shape index (κ2) is 6.75. The fourth-order valence-electron chi connectivity index (χ4n) is 1.98. The molecule has 0 saturated carbocycles. The van der Waals surface area contributed by atoms with E-state index in [0.717, 1.165) is 6.42 Å². The normalized spacial score (nSPS) is 12.6. The standard InChI is InChI=1S/C14H16BrNS2/c1-16-13(8-11-7-10(15)9-18-11)12-5-3-4-6-14(12)17-2/h3-7,9,13,16H,8H2,1-2H3. The van der Waals surface area contributed by atoms with Crippen molar-refractivity contribution in [3.05, 3.63) is 50.6 Å². The van der Waals surface area contributed by atoms with E-state index in [9.17, 15) is 0 Å². The van der Waals surface area contributed by atoms with Gasteiger partial charge in [0.1, 0.15) is 0 Å². The zero-order valence-corrected chi connectivity index (χ0v) is 13.7. The highest BCUT2D eigenvalue weighted by atomic mass is 79.9. The molecular weight excluding hydrogens is 326 g/mol. The lowest BCUT2D eigenvalue weighted by Gasteiger charge is -2.18. The van der Waals surface area contributed by atoms with Crippen LogP contribution in [0.5, 0.6) is 0 Å². The quantitative estimate of drug-likeness (QED) is 0.788. The molecule has 1 aromatic heterocycles. The SMILES string of the molecule is CNC(Cc1cc(Br)cs1)c1ccccc1SC. The van der Waals surface area contributed by atoms with E-state index in [4.69, 9.17) is 0 Å². The van der Waals surface area contributed by atoms with E-state index in [1.165, 1.54) is 19.8 Å². The number of hydrogen-bond donors (Lipinski definition) is 1. The predicted molar refractivity (Wildman–Crippen MR) is 85.7 cm³/mol. The van der Waals surface area contributed by atoms with Gasteiger partial charge < -0.3 is 5.32 Å². The summed E-state index contributed by atoms with van der Waals surface area (Å²) in [5, 5.41) is 5.57. The van der Waals surface area contributed by atoms with E-state index >= 15 is 0 Å². The number of rotatable bonds is 5. The minimum Gasteiger partial charge on any atom is -0.313 e. The van der Waals surface area contributed by atoms with Gasteiger partial charge in [-0.25, -0.2) is 0 Å². The third kappa shape index (κ3) is 3.38. The second-order valence-corrected chi connectivity index (χ2v) is 6.78. The van der Waals surface area contributed by atoms with Crippen LogP contribution in [-0.2, 0) is 6.42 Å².